The molecule has 2 nitrogen and oxygen atoms in total. The molecule has 0 aliphatic carbocycles. The van der Waals surface area contributed by atoms with E-state index >= 15 is 0 Å². The molecule has 0 heterocycles. The molecule has 0 aromatic heterocycles. The van der Waals surface area contributed by atoms with E-state index in [2.05, 4.69) is 13.2 Å². The first-order valence-electron chi connectivity index (χ1n) is 6.15. The Balaban J connectivity index is 3.24. The lowest BCUT2D eigenvalue weighted by Gasteiger charge is -2.30. The zero-order valence-corrected chi connectivity index (χ0v) is 10.9. The molecule has 1 rings (SSSR count). The quantitative estimate of drug-likeness (QED) is 0.540. The van der Waals surface area contributed by atoms with Gasteiger partial charge in [0.15, 0.2) is 0 Å². The molecular weight excluding hydrogens is 224 g/mol. The molecule has 0 unspecified atom stereocenters. The third-order valence-electron chi connectivity index (χ3n) is 2.98. The molecule has 0 amide bonds. The molecule has 0 saturated heterocycles. The maximum absolute atomic E-state index is 12.3. The minimum atomic E-state index is -0.694. The maximum Gasteiger partial charge on any atom is 0.317 e. The summed E-state index contributed by atoms with van der Waals surface area (Å²) in [5.74, 6) is -0.212. The Morgan fingerprint density at radius 1 is 1.22 bits per heavy atom. The number of rotatable bonds is 7. The lowest BCUT2D eigenvalue weighted by molar-refractivity contribution is -0.150. The molecule has 0 fully saturated rings. The number of carbonyl (C=O) groups is 1. The molecule has 0 bridgehead atoms. The van der Waals surface area contributed by atoms with Gasteiger partial charge in [-0.2, -0.15) is 0 Å². The van der Waals surface area contributed by atoms with Crippen LogP contribution in [0.5, 0.6) is 0 Å². The monoisotopic (exact) mass is 244 g/mol. The van der Waals surface area contributed by atoms with Gasteiger partial charge in [-0.1, -0.05) is 42.5 Å². The van der Waals surface area contributed by atoms with Gasteiger partial charge in [-0.15, -0.1) is 13.2 Å². The van der Waals surface area contributed by atoms with Gasteiger partial charge in [0.25, 0.3) is 0 Å². The number of hydrogen-bond acceptors (Lipinski definition) is 2. The van der Waals surface area contributed by atoms with E-state index in [4.69, 9.17) is 4.74 Å². The number of benzene rings is 1. The molecule has 18 heavy (non-hydrogen) atoms. The largest absolute Gasteiger partial charge is 0.465 e. The molecule has 1 aromatic rings. The van der Waals surface area contributed by atoms with Crippen LogP contribution >= 0.6 is 0 Å². The molecular formula is C16H20O2. The zero-order chi connectivity index (χ0) is 13.4. The summed E-state index contributed by atoms with van der Waals surface area (Å²) in [6, 6.07) is 9.68. The second-order valence-corrected chi connectivity index (χ2v) is 4.15. The number of allylic oxidation sites excluding steroid dienone is 2. The minimum Gasteiger partial charge on any atom is -0.465 e. The first kappa shape index (κ1) is 14.2. The third kappa shape index (κ3) is 2.89. The predicted octanol–water partition coefficient (Wildman–Crippen LogP) is 3.64. The van der Waals surface area contributed by atoms with E-state index in [9.17, 15) is 4.79 Å². The summed E-state index contributed by atoms with van der Waals surface area (Å²) >= 11 is 0. The van der Waals surface area contributed by atoms with Crippen LogP contribution < -0.4 is 0 Å². The van der Waals surface area contributed by atoms with Crippen LogP contribution in [-0.2, 0) is 14.9 Å². The van der Waals surface area contributed by atoms with Crippen molar-refractivity contribution in [3.63, 3.8) is 0 Å². The molecule has 0 aliphatic rings. The molecule has 0 radical (unpaired) electrons. The highest BCUT2D eigenvalue weighted by molar-refractivity contribution is 5.83. The Bertz CT molecular complexity index is 396. The van der Waals surface area contributed by atoms with Crippen molar-refractivity contribution < 1.29 is 9.53 Å². The molecule has 96 valence electrons. The van der Waals surface area contributed by atoms with Crippen LogP contribution in [0.15, 0.2) is 55.6 Å². The normalized spacial score (nSPS) is 10.7. The number of carbonyl (C=O) groups excluding carboxylic acids is 1. The Kier molecular flexibility index (Phi) is 5.37. The van der Waals surface area contributed by atoms with E-state index in [-0.39, 0.29) is 5.97 Å². The highest BCUT2D eigenvalue weighted by Crippen LogP contribution is 2.34. The topological polar surface area (TPSA) is 26.3 Å². The van der Waals surface area contributed by atoms with Crippen LogP contribution in [0, 0.1) is 0 Å². The van der Waals surface area contributed by atoms with E-state index < -0.39 is 5.41 Å². The van der Waals surface area contributed by atoms with Gasteiger partial charge in [0, 0.05) is 0 Å². The number of hydrogen-bond donors (Lipinski definition) is 0. The van der Waals surface area contributed by atoms with Crippen LogP contribution in [0.3, 0.4) is 0 Å². The van der Waals surface area contributed by atoms with E-state index in [1.54, 1.807) is 12.2 Å². The van der Waals surface area contributed by atoms with Crippen molar-refractivity contribution in [2.45, 2.75) is 25.2 Å². The molecule has 0 atom stereocenters. The van der Waals surface area contributed by atoms with Gasteiger partial charge in [-0.25, -0.2) is 0 Å². The van der Waals surface area contributed by atoms with Gasteiger partial charge < -0.3 is 4.74 Å². The van der Waals surface area contributed by atoms with Crippen molar-refractivity contribution in [1.82, 2.24) is 0 Å². The standard InChI is InChI=1S/C16H20O2/c1-4-12-16(13-5-2,15(17)18-6-3)14-10-8-7-9-11-14/h4-5,7-11H,1-2,6,12-13H2,3H3. The summed E-state index contributed by atoms with van der Waals surface area (Å²) in [4.78, 5) is 12.3. The maximum atomic E-state index is 12.3. The van der Waals surface area contributed by atoms with Crippen LogP contribution in [0.1, 0.15) is 25.3 Å². The van der Waals surface area contributed by atoms with Crippen molar-refractivity contribution in [1.29, 1.82) is 0 Å². The smallest absolute Gasteiger partial charge is 0.317 e. The minimum absolute atomic E-state index is 0.212. The second kappa shape index (κ2) is 6.80. The van der Waals surface area contributed by atoms with Crippen LogP contribution in [0.25, 0.3) is 0 Å². The first-order chi connectivity index (χ1) is 8.71. The van der Waals surface area contributed by atoms with Crippen molar-refractivity contribution in [2.24, 2.45) is 0 Å². The zero-order valence-electron chi connectivity index (χ0n) is 10.9. The van der Waals surface area contributed by atoms with Gasteiger partial charge in [0.05, 0.1) is 12.0 Å². The molecule has 1 aromatic carbocycles. The van der Waals surface area contributed by atoms with Crippen LogP contribution in [0.2, 0.25) is 0 Å². The summed E-state index contributed by atoms with van der Waals surface area (Å²) < 4.78 is 5.23. The molecule has 0 N–H and O–H groups in total. The highest BCUT2D eigenvalue weighted by atomic mass is 16.5. The first-order valence-corrected chi connectivity index (χ1v) is 6.15. The van der Waals surface area contributed by atoms with Gasteiger partial charge in [-0.05, 0) is 25.3 Å². The van der Waals surface area contributed by atoms with Crippen molar-refractivity contribution >= 4 is 5.97 Å². The molecule has 0 spiro atoms. The lowest BCUT2D eigenvalue weighted by atomic mass is 9.75. The van der Waals surface area contributed by atoms with E-state index in [0.29, 0.717) is 19.4 Å². The number of esters is 1. The summed E-state index contributed by atoms with van der Waals surface area (Å²) in [5, 5.41) is 0. The van der Waals surface area contributed by atoms with Gasteiger partial charge in [-0.3, -0.25) is 4.79 Å². The fraction of sp³-hybridized carbons (Fsp3) is 0.312. The fourth-order valence-corrected chi connectivity index (χ4v) is 2.12. The Morgan fingerprint density at radius 3 is 2.22 bits per heavy atom. The molecule has 2 heteroatoms. The summed E-state index contributed by atoms with van der Waals surface area (Å²) in [6.45, 7) is 9.70. The molecule has 0 saturated carbocycles. The predicted molar refractivity (Wildman–Crippen MR) is 74.4 cm³/mol. The average molecular weight is 244 g/mol. The van der Waals surface area contributed by atoms with E-state index in [1.807, 2.05) is 37.3 Å². The van der Waals surface area contributed by atoms with Crippen molar-refractivity contribution in [3.8, 4) is 0 Å². The highest BCUT2D eigenvalue weighted by Gasteiger charge is 2.39. The van der Waals surface area contributed by atoms with Gasteiger partial charge in [0.2, 0.25) is 0 Å². The van der Waals surface area contributed by atoms with Gasteiger partial charge in [0.1, 0.15) is 0 Å². The summed E-state index contributed by atoms with van der Waals surface area (Å²) in [7, 11) is 0. The Labute approximate surface area is 109 Å². The van der Waals surface area contributed by atoms with Crippen LogP contribution in [-0.4, -0.2) is 12.6 Å². The third-order valence-corrected chi connectivity index (χ3v) is 2.98. The van der Waals surface area contributed by atoms with Crippen molar-refractivity contribution in [3.05, 3.63) is 61.2 Å². The van der Waals surface area contributed by atoms with E-state index in [0.717, 1.165) is 5.56 Å². The van der Waals surface area contributed by atoms with Gasteiger partial charge >= 0.3 is 5.97 Å². The average Bonchev–Trinajstić information content (AvgIpc) is 2.39. The van der Waals surface area contributed by atoms with E-state index in [1.165, 1.54) is 0 Å². The lowest BCUT2D eigenvalue weighted by Crippen LogP contribution is -2.36. The summed E-state index contributed by atoms with van der Waals surface area (Å²) in [6.07, 6.45) is 4.60. The second-order valence-electron chi connectivity index (χ2n) is 4.15. The van der Waals surface area contributed by atoms with Crippen molar-refractivity contribution in [2.75, 3.05) is 6.61 Å². The number of ether oxygens (including phenoxy) is 1. The molecule has 0 aliphatic heterocycles. The summed E-state index contributed by atoms with van der Waals surface area (Å²) in [5.41, 5.74) is 0.254. The Morgan fingerprint density at radius 2 is 1.78 bits per heavy atom. The van der Waals surface area contributed by atoms with Crippen LogP contribution in [0.4, 0.5) is 0 Å². The Hall–Kier alpha value is -1.83. The SMILES string of the molecule is C=CCC(CC=C)(C(=O)OCC)c1ccccc1. The fourth-order valence-electron chi connectivity index (χ4n) is 2.12.